The van der Waals surface area contributed by atoms with Gasteiger partial charge in [0.05, 0.1) is 16.1 Å². The highest BCUT2D eigenvalue weighted by molar-refractivity contribution is 7.09. The van der Waals surface area contributed by atoms with Crippen LogP contribution < -0.4 is 0 Å². The van der Waals surface area contributed by atoms with Crippen molar-refractivity contribution in [3.05, 3.63) is 28.2 Å². The molecule has 0 radical (unpaired) electrons. The van der Waals surface area contributed by atoms with Crippen LogP contribution in [0.1, 0.15) is 36.8 Å². The molecule has 0 saturated carbocycles. The van der Waals surface area contributed by atoms with E-state index in [4.69, 9.17) is 0 Å². The molecule has 2 rings (SSSR count). The molecule has 0 saturated heterocycles. The van der Waals surface area contributed by atoms with Crippen molar-refractivity contribution in [1.29, 1.82) is 0 Å². The number of aromatic nitrogens is 1. The molecule has 1 N–H and O–H groups in total. The molecule has 82 valence electrons. The smallest absolute Gasteiger partial charge is 0.119 e. The molecule has 0 spiro atoms. The van der Waals surface area contributed by atoms with Gasteiger partial charge >= 0.3 is 0 Å². The lowest BCUT2D eigenvalue weighted by Crippen LogP contribution is -2.26. The maximum Gasteiger partial charge on any atom is 0.119 e. The summed E-state index contributed by atoms with van der Waals surface area (Å²) >= 11 is 1.55. The van der Waals surface area contributed by atoms with Crippen LogP contribution in [0.15, 0.2) is 17.7 Å². The van der Waals surface area contributed by atoms with E-state index in [0.717, 1.165) is 29.8 Å². The Hall–Kier alpha value is -0.670. The van der Waals surface area contributed by atoms with Gasteiger partial charge in [0.25, 0.3) is 0 Å². The van der Waals surface area contributed by atoms with E-state index in [1.54, 1.807) is 11.3 Å². The van der Waals surface area contributed by atoms with E-state index in [0.29, 0.717) is 5.92 Å². The summed E-state index contributed by atoms with van der Waals surface area (Å²) in [5.74, 6) is 0.638. The average molecular weight is 223 g/mol. The topological polar surface area (TPSA) is 33.1 Å². The quantitative estimate of drug-likeness (QED) is 0.782. The van der Waals surface area contributed by atoms with Crippen LogP contribution in [0.3, 0.4) is 0 Å². The van der Waals surface area contributed by atoms with Crippen LogP contribution in [0, 0.1) is 12.8 Å². The van der Waals surface area contributed by atoms with Crippen molar-refractivity contribution in [3.63, 3.8) is 0 Å². The second-order valence-electron chi connectivity index (χ2n) is 4.26. The van der Waals surface area contributed by atoms with Crippen molar-refractivity contribution in [2.24, 2.45) is 5.92 Å². The van der Waals surface area contributed by atoms with Crippen LogP contribution in [-0.4, -0.2) is 10.1 Å². The van der Waals surface area contributed by atoms with Gasteiger partial charge in [0, 0.05) is 0 Å². The van der Waals surface area contributed by atoms with E-state index in [9.17, 15) is 5.11 Å². The molecule has 15 heavy (non-hydrogen) atoms. The van der Waals surface area contributed by atoms with E-state index < -0.39 is 5.60 Å². The number of nitrogens with zero attached hydrogens (tertiary/aromatic N) is 1. The molecule has 0 aromatic carbocycles. The molecule has 1 aromatic heterocycles. The fraction of sp³-hybridized carbons (Fsp3) is 0.583. The van der Waals surface area contributed by atoms with Crippen molar-refractivity contribution >= 4 is 11.3 Å². The molecule has 0 amide bonds. The zero-order valence-corrected chi connectivity index (χ0v) is 10.0. The standard InChI is InChI=1S/C12H17NOS/c1-3-10-4-6-12(14,7-5-10)11-9(2)13-8-15-11/h4,6,8,10,14H,3,5,7H2,1-2H3. The molecule has 2 unspecified atom stereocenters. The third-order valence-electron chi connectivity index (χ3n) is 3.20. The molecule has 0 bridgehead atoms. The predicted octanol–water partition coefficient (Wildman–Crippen LogP) is 3.02. The summed E-state index contributed by atoms with van der Waals surface area (Å²) in [6.07, 6.45) is 7.17. The third-order valence-corrected chi connectivity index (χ3v) is 4.30. The normalized spacial score (nSPS) is 30.7. The maximum absolute atomic E-state index is 10.5. The number of aliphatic hydroxyl groups is 1. The number of allylic oxidation sites excluding steroid dienone is 1. The Morgan fingerprint density at radius 2 is 2.47 bits per heavy atom. The van der Waals surface area contributed by atoms with Gasteiger partial charge < -0.3 is 5.11 Å². The summed E-state index contributed by atoms with van der Waals surface area (Å²) < 4.78 is 0. The Bertz CT molecular complexity index is 371. The fourth-order valence-electron chi connectivity index (χ4n) is 2.13. The van der Waals surface area contributed by atoms with Crippen LogP contribution in [0.4, 0.5) is 0 Å². The van der Waals surface area contributed by atoms with Crippen molar-refractivity contribution in [2.75, 3.05) is 0 Å². The Kier molecular flexibility index (Phi) is 2.94. The summed E-state index contributed by atoms with van der Waals surface area (Å²) in [6.45, 7) is 4.15. The maximum atomic E-state index is 10.5. The van der Waals surface area contributed by atoms with Gasteiger partial charge in [-0.2, -0.15) is 0 Å². The summed E-state index contributed by atoms with van der Waals surface area (Å²) in [5.41, 5.74) is 2.02. The second kappa shape index (κ2) is 4.06. The molecule has 1 aliphatic rings. The SMILES string of the molecule is CCC1C=CC(O)(c2scnc2C)CC1. The molecular formula is C12H17NOS. The van der Waals surface area contributed by atoms with Crippen LogP contribution in [0.2, 0.25) is 0 Å². The minimum atomic E-state index is -0.753. The summed E-state index contributed by atoms with van der Waals surface area (Å²) in [5, 5.41) is 10.5. The first-order valence-corrected chi connectivity index (χ1v) is 6.36. The molecular weight excluding hydrogens is 206 g/mol. The third kappa shape index (κ3) is 1.99. The zero-order chi connectivity index (χ0) is 10.9. The van der Waals surface area contributed by atoms with Crippen molar-refractivity contribution in [1.82, 2.24) is 4.98 Å². The monoisotopic (exact) mass is 223 g/mol. The highest BCUT2D eigenvalue weighted by atomic mass is 32.1. The lowest BCUT2D eigenvalue weighted by Gasteiger charge is -2.30. The molecule has 3 heteroatoms. The van der Waals surface area contributed by atoms with Gasteiger partial charge in [-0.3, -0.25) is 0 Å². The van der Waals surface area contributed by atoms with Gasteiger partial charge in [0.1, 0.15) is 5.60 Å². The molecule has 1 aliphatic carbocycles. The van der Waals surface area contributed by atoms with Gasteiger partial charge in [0.2, 0.25) is 0 Å². The molecule has 2 atom stereocenters. The minimum Gasteiger partial charge on any atom is -0.380 e. The Morgan fingerprint density at radius 1 is 1.67 bits per heavy atom. The van der Waals surface area contributed by atoms with E-state index in [1.807, 2.05) is 18.5 Å². The van der Waals surface area contributed by atoms with E-state index in [2.05, 4.69) is 18.0 Å². The van der Waals surface area contributed by atoms with Crippen LogP contribution >= 0.6 is 11.3 Å². The first-order valence-electron chi connectivity index (χ1n) is 5.48. The number of hydrogen-bond donors (Lipinski definition) is 1. The fourth-order valence-corrected chi connectivity index (χ4v) is 3.04. The van der Waals surface area contributed by atoms with Crippen LogP contribution in [0.25, 0.3) is 0 Å². The minimum absolute atomic E-state index is 0.638. The van der Waals surface area contributed by atoms with Crippen molar-refractivity contribution in [3.8, 4) is 0 Å². The van der Waals surface area contributed by atoms with Crippen LogP contribution in [-0.2, 0) is 5.60 Å². The lowest BCUT2D eigenvalue weighted by atomic mass is 9.83. The highest BCUT2D eigenvalue weighted by Gasteiger charge is 2.32. The summed E-state index contributed by atoms with van der Waals surface area (Å²) in [7, 11) is 0. The predicted molar refractivity (Wildman–Crippen MR) is 62.9 cm³/mol. The van der Waals surface area contributed by atoms with Gasteiger partial charge in [-0.15, -0.1) is 11.3 Å². The van der Waals surface area contributed by atoms with Gasteiger partial charge in [-0.25, -0.2) is 4.98 Å². The first kappa shape index (κ1) is 10.8. The Labute approximate surface area is 94.7 Å². The van der Waals surface area contributed by atoms with E-state index >= 15 is 0 Å². The first-order chi connectivity index (χ1) is 7.15. The lowest BCUT2D eigenvalue weighted by molar-refractivity contribution is 0.0689. The Morgan fingerprint density at radius 3 is 2.93 bits per heavy atom. The molecule has 0 aliphatic heterocycles. The number of thiazole rings is 1. The average Bonchev–Trinajstić information content (AvgIpc) is 2.66. The van der Waals surface area contributed by atoms with Gasteiger partial charge in [-0.05, 0) is 32.1 Å². The summed E-state index contributed by atoms with van der Waals surface area (Å²) in [4.78, 5) is 5.21. The summed E-state index contributed by atoms with van der Waals surface area (Å²) in [6, 6.07) is 0. The van der Waals surface area contributed by atoms with Crippen molar-refractivity contribution in [2.45, 2.75) is 38.7 Å². The number of rotatable bonds is 2. The second-order valence-corrected chi connectivity index (χ2v) is 5.11. The van der Waals surface area contributed by atoms with Gasteiger partial charge in [0.15, 0.2) is 0 Å². The van der Waals surface area contributed by atoms with Crippen LogP contribution in [0.5, 0.6) is 0 Å². The molecule has 2 nitrogen and oxygen atoms in total. The molecule has 1 heterocycles. The number of hydrogen-bond acceptors (Lipinski definition) is 3. The molecule has 1 aromatic rings. The highest BCUT2D eigenvalue weighted by Crippen LogP contribution is 2.38. The molecule has 0 fully saturated rings. The number of aryl methyl sites for hydroxylation is 1. The zero-order valence-electron chi connectivity index (χ0n) is 9.23. The largest absolute Gasteiger partial charge is 0.380 e. The Balaban J connectivity index is 2.26. The van der Waals surface area contributed by atoms with Gasteiger partial charge in [-0.1, -0.05) is 19.1 Å². The van der Waals surface area contributed by atoms with E-state index in [-0.39, 0.29) is 0 Å². The van der Waals surface area contributed by atoms with E-state index in [1.165, 1.54) is 0 Å². The van der Waals surface area contributed by atoms with Crippen molar-refractivity contribution < 1.29 is 5.11 Å².